The van der Waals surface area contributed by atoms with Gasteiger partial charge in [0.15, 0.2) is 5.69 Å². The number of hydrogen-bond donors (Lipinski definition) is 2. The molecule has 3 aromatic rings. The van der Waals surface area contributed by atoms with Crippen LogP contribution in [0.1, 0.15) is 46.7 Å². The summed E-state index contributed by atoms with van der Waals surface area (Å²) in [7, 11) is 0. The molecule has 0 radical (unpaired) electrons. The fourth-order valence-corrected chi connectivity index (χ4v) is 4.75. The summed E-state index contributed by atoms with van der Waals surface area (Å²) in [5, 5.41) is 3.15. The van der Waals surface area contributed by atoms with E-state index in [1.807, 2.05) is 19.9 Å². The number of aromatic nitrogens is 3. The number of anilines is 1. The van der Waals surface area contributed by atoms with Crippen molar-refractivity contribution >= 4 is 39.3 Å². The molecule has 0 bridgehead atoms. The molecule has 162 valence electrons. The Labute approximate surface area is 182 Å². The Balaban J connectivity index is 1.62. The molecule has 2 amide bonds. The van der Waals surface area contributed by atoms with Crippen LogP contribution in [0.15, 0.2) is 24.5 Å². The van der Waals surface area contributed by atoms with Gasteiger partial charge in [0, 0.05) is 30.6 Å². The fraction of sp³-hybridized carbons (Fsp3) is 0.381. The molecule has 1 saturated heterocycles. The van der Waals surface area contributed by atoms with E-state index in [1.54, 1.807) is 11.1 Å². The van der Waals surface area contributed by atoms with Gasteiger partial charge in [-0.05, 0) is 43.9 Å². The van der Waals surface area contributed by atoms with Crippen LogP contribution in [0.3, 0.4) is 0 Å². The number of primary amides is 1. The first-order chi connectivity index (χ1) is 14.8. The second-order valence-corrected chi connectivity index (χ2v) is 9.10. The first-order valence-electron chi connectivity index (χ1n) is 10.0. The number of aryl methyl sites for hydroxylation is 1. The zero-order chi connectivity index (χ0) is 22.1. The zero-order valence-corrected chi connectivity index (χ0v) is 18.1. The number of halogens is 1. The van der Waals surface area contributed by atoms with Crippen molar-refractivity contribution in [2.45, 2.75) is 32.7 Å². The number of rotatable bonds is 6. The number of thiophene rings is 1. The molecule has 3 N–H and O–H groups in total. The Kier molecular flexibility index (Phi) is 5.81. The van der Waals surface area contributed by atoms with Crippen molar-refractivity contribution in [3.8, 4) is 0 Å². The SMILES string of the molecule is Cc1cc2nc(N[C@@H](C)c3cncc(F)c3)nc(C(=O)N3CC[C@H](CC(N)=O)C3)c2s1. The van der Waals surface area contributed by atoms with E-state index in [1.165, 1.54) is 17.4 Å². The second-order valence-electron chi connectivity index (χ2n) is 7.85. The molecule has 0 spiro atoms. The van der Waals surface area contributed by atoms with Crippen LogP contribution in [-0.4, -0.2) is 44.8 Å². The van der Waals surface area contributed by atoms with Crippen LogP contribution in [0, 0.1) is 18.7 Å². The highest BCUT2D eigenvalue weighted by Gasteiger charge is 2.30. The van der Waals surface area contributed by atoms with Crippen molar-refractivity contribution in [2.75, 3.05) is 18.4 Å². The summed E-state index contributed by atoms with van der Waals surface area (Å²) in [5.74, 6) is -0.610. The van der Waals surface area contributed by atoms with E-state index in [0.29, 0.717) is 35.8 Å². The number of fused-ring (bicyclic) bond motifs is 1. The topological polar surface area (TPSA) is 114 Å². The Morgan fingerprint density at radius 1 is 1.35 bits per heavy atom. The summed E-state index contributed by atoms with van der Waals surface area (Å²) in [4.78, 5) is 40.2. The molecule has 31 heavy (non-hydrogen) atoms. The normalized spacial score (nSPS) is 17.1. The van der Waals surface area contributed by atoms with Crippen molar-refractivity contribution in [3.05, 3.63) is 46.5 Å². The van der Waals surface area contributed by atoms with Crippen molar-refractivity contribution in [3.63, 3.8) is 0 Å². The maximum atomic E-state index is 13.5. The summed E-state index contributed by atoms with van der Waals surface area (Å²) in [6, 6.07) is 3.00. The molecule has 4 rings (SSSR count). The molecule has 8 nitrogen and oxygen atoms in total. The summed E-state index contributed by atoms with van der Waals surface area (Å²) in [6.45, 7) is 4.83. The minimum atomic E-state index is -0.425. The molecule has 1 fully saturated rings. The van der Waals surface area contributed by atoms with Gasteiger partial charge in [0.2, 0.25) is 11.9 Å². The standard InChI is InChI=1S/C21H23FN6O2S/c1-11-5-16-19(31-11)18(20(30)28-4-3-13(10-28)6-17(23)29)27-21(26-16)25-12(2)14-7-15(22)9-24-8-14/h5,7-9,12-13H,3-4,6,10H2,1-2H3,(H2,23,29)(H,25,26,27)/t12-,13+/m0/s1. The van der Waals surface area contributed by atoms with Crippen molar-refractivity contribution in [1.82, 2.24) is 19.9 Å². The van der Waals surface area contributed by atoms with Crippen LogP contribution in [0.4, 0.5) is 10.3 Å². The van der Waals surface area contributed by atoms with Crippen LogP contribution in [0.5, 0.6) is 0 Å². The summed E-state index contributed by atoms with van der Waals surface area (Å²) in [5.41, 5.74) is 6.96. The molecule has 2 atom stereocenters. The third kappa shape index (κ3) is 4.63. The average molecular weight is 443 g/mol. The van der Waals surface area contributed by atoms with Gasteiger partial charge in [0.05, 0.1) is 22.5 Å². The lowest BCUT2D eigenvalue weighted by molar-refractivity contribution is -0.118. The molecule has 0 unspecified atom stereocenters. The fourth-order valence-electron chi connectivity index (χ4n) is 3.82. The van der Waals surface area contributed by atoms with Gasteiger partial charge in [-0.15, -0.1) is 11.3 Å². The number of likely N-dealkylation sites (tertiary alicyclic amines) is 1. The Morgan fingerprint density at radius 2 is 2.16 bits per heavy atom. The summed E-state index contributed by atoms with van der Waals surface area (Å²) < 4.78 is 14.3. The number of carbonyl (C=O) groups excluding carboxylic acids is 2. The molecular weight excluding hydrogens is 419 g/mol. The van der Waals surface area contributed by atoms with E-state index < -0.39 is 5.82 Å². The van der Waals surface area contributed by atoms with Gasteiger partial charge in [-0.2, -0.15) is 0 Å². The highest BCUT2D eigenvalue weighted by molar-refractivity contribution is 7.19. The zero-order valence-electron chi connectivity index (χ0n) is 17.3. The lowest BCUT2D eigenvalue weighted by Crippen LogP contribution is -2.30. The molecule has 4 heterocycles. The molecule has 1 aliphatic rings. The lowest BCUT2D eigenvalue weighted by Gasteiger charge is -2.18. The smallest absolute Gasteiger partial charge is 0.274 e. The minimum absolute atomic E-state index is 0.0712. The van der Waals surface area contributed by atoms with Gasteiger partial charge in [0.25, 0.3) is 5.91 Å². The molecule has 0 saturated carbocycles. The molecule has 3 aromatic heterocycles. The van der Waals surface area contributed by atoms with Crippen LogP contribution in [-0.2, 0) is 4.79 Å². The van der Waals surface area contributed by atoms with Gasteiger partial charge in [0.1, 0.15) is 5.82 Å². The van der Waals surface area contributed by atoms with Gasteiger partial charge in [-0.3, -0.25) is 14.6 Å². The number of carbonyl (C=O) groups is 2. The molecule has 0 aliphatic carbocycles. The third-order valence-electron chi connectivity index (χ3n) is 5.33. The average Bonchev–Trinajstić information content (AvgIpc) is 3.32. The van der Waals surface area contributed by atoms with Gasteiger partial charge < -0.3 is 16.0 Å². The predicted octanol–water partition coefficient (Wildman–Crippen LogP) is 3.04. The minimum Gasteiger partial charge on any atom is -0.370 e. The highest BCUT2D eigenvalue weighted by atomic mass is 32.1. The third-order valence-corrected chi connectivity index (χ3v) is 6.38. The maximum absolute atomic E-state index is 13.5. The largest absolute Gasteiger partial charge is 0.370 e. The van der Waals surface area contributed by atoms with E-state index in [4.69, 9.17) is 5.73 Å². The van der Waals surface area contributed by atoms with E-state index in [-0.39, 0.29) is 30.2 Å². The van der Waals surface area contributed by atoms with Gasteiger partial charge >= 0.3 is 0 Å². The Morgan fingerprint density at radius 3 is 2.90 bits per heavy atom. The Hall–Kier alpha value is -3.14. The number of nitrogens with zero attached hydrogens (tertiary/aromatic N) is 4. The van der Waals surface area contributed by atoms with Crippen molar-refractivity contribution < 1.29 is 14.0 Å². The second kappa shape index (κ2) is 8.54. The Bertz CT molecular complexity index is 1150. The monoisotopic (exact) mass is 442 g/mol. The van der Waals surface area contributed by atoms with Gasteiger partial charge in [-0.25, -0.2) is 14.4 Å². The van der Waals surface area contributed by atoms with E-state index >= 15 is 0 Å². The lowest BCUT2D eigenvalue weighted by atomic mass is 10.1. The van der Waals surface area contributed by atoms with Crippen LogP contribution in [0.2, 0.25) is 0 Å². The van der Waals surface area contributed by atoms with Crippen LogP contribution >= 0.6 is 11.3 Å². The number of nitrogens with one attached hydrogen (secondary N) is 1. The number of amides is 2. The molecule has 1 aliphatic heterocycles. The van der Waals surface area contributed by atoms with Crippen molar-refractivity contribution in [2.24, 2.45) is 11.7 Å². The summed E-state index contributed by atoms with van der Waals surface area (Å²) >= 11 is 1.47. The maximum Gasteiger partial charge on any atom is 0.274 e. The summed E-state index contributed by atoms with van der Waals surface area (Å²) in [6.07, 6.45) is 3.72. The van der Waals surface area contributed by atoms with Gasteiger partial charge in [-0.1, -0.05) is 0 Å². The van der Waals surface area contributed by atoms with Crippen molar-refractivity contribution in [1.29, 1.82) is 0 Å². The quantitative estimate of drug-likeness (QED) is 0.606. The van der Waals surface area contributed by atoms with E-state index in [0.717, 1.165) is 22.2 Å². The first kappa shape index (κ1) is 21.1. The van der Waals surface area contributed by atoms with Crippen LogP contribution < -0.4 is 11.1 Å². The van der Waals surface area contributed by atoms with Crippen LogP contribution in [0.25, 0.3) is 10.2 Å². The number of hydrogen-bond acceptors (Lipinski definition) is 7. The van der Waals surface area contributed by atoms with E-state index in [2.05, 4.69) is 20.3 Å². The first-order valence-corrected chi connectivity index (χ1v) is 10.8. The number of pyridine rings is 1. The van der Waals surface area contributed by atoms with E-state index in [9.17, 15) is 14.0 Å². The molecule has 0 aromatic carbocycles. The number of nitrogens with two attached hydrogens (primary N) is 1. The molecular formula is C21H23FN6O2S. The highest BCUT2D eigenvalue weighted by Crippen LogP contribution is 2.30. The molecule has 10 heteroatoms. The predicted molar refractivity (Wildman–Crippen MR) is 116 cm³/mol.